The number of rotatable bonds is 11. The van der Waals surface area contributed by atoms with E-state index in [9.17, 15) is 4.79 Å². The third-order valence-electron chi connectivity index (χ3n) is 4.29. The molecule has 0 aromatic heterocycles. The van der Waals surface area contributed by atoms with Crippen LogP contribution in [-0.2, 0) is 11.2 Å². The minimum atomic E-state index is -0.0610. The molecule has 0 saturated heterocycles. The first-order chi connectivity index (χ1) is 12.9. The molecule has 0 atom stereocenters. The van der Waals surface area contributed by atoms with Crippen LogP contribution >= 0.6 is 0 Å². The van der Waals surface area contributed by atoms with Gasteiger partial charge in [0.1, 0.15) is 6.54 Å². The minimum Gasteiger partial charge on any atom is -0.357 e. The van der Waals surface area contributed by atoms with E-state index in [0.717, 1.165) is 26.1 Å². The number of guanidine groups is 1. The average Bonchev–Trinajstić information content (AvgIpc) is 2.63. The second kappa shape index (κ2) is 13.1. The van der Waals surface area contributed by atoms with Crippen LogP contribution in [0, 0.1) is 0 Å². The van der Waals surface area contributed by atoms with Crippen LogP contribution in [0.5, 0.6) is 0 Å². The Labute approximate surface area is 164 Å². The van der Waals surface area contributed by atoms with E-state index in [1.54, 1.807) is 0 Å². The number of hydrogen-bond donors (Lipinski definition) is 3. The molecule has 0 fully saturated rings. The van der Waals surface area contributed by atoms with Crippen LogP contribution in [0.1, 0.15) is 40.2 Å². The summed E-state index contributed by atoms with van der Waals surface area (Å²) < 4.78 is 0. The van der Waals surface area contributed by atoms with Gasteiger partial charge >= 0.3 is 0 Å². The fourth-order valence-corrected chi connectivity index (χ4v) is 2.96. The number of benzene rings is 1. The third kappa shape index (κ3) is 9.99. The van der Waals surface area contributed by atoms with Crippen molar-refractivity contribution in [3.63, 3.8) is 0 Å². The van der Waals surface area contributed by atoms with Crippen molar-refractivity contribution in [2.24, 2.45) is 4.99 Å². The molecule has 0 unspecified atom stereocenters. The highest BCUT2D eigenvalue weighted by Crippen LogP contribution is 2.03. The summed E-state index contributed by atoms with van der Waals surface area (Å²) in [6, 6.07) is 11.1. The molecule has 0 bridgehead atoms. The lowest BCUT2D eigenvalue weighted by Gasteiger charge is -2.30. The van der Waals surface area contributed by atoms with Crippen molar-refractivity contribution in [1.29, 1.82) is 0 Å². The summed E-state index contributed by atoms with van der Waals surface area (Å²) in [5, 5.41) is 9.43. The van der Waals surface area contributed by atoms with Crippen LogP contribution in [0.15, 0.2) is 35.3 Å². The maximum Gasteiger partial charge on any atom is 0.241 e. The molecule has 27 heavy (non-hydrogen) atoms. The van der Waals surface area contributed by atoms with Crippen LogP contribution in [0.25, 0.3) is 0 Å². The molecular formula is C21H37N5O. The molecule has 1 aromatic carbocycles. The van der Waals surface area contributed by atoms with Crippen molar-refractivity contribution >= 4 is 11.9 Å². The topological polar surface area (TPSA) is 68.8 Å². The first-order valence-electron chi connectivity index (χ1n) is 10.0. The lowest BCUT2D eigenvalue weighted by Crippen LogP contribution is -2.45. The fraction of sp³-hybridized carbons (Fsp3) is 0.619. The number of carbonyl (C=O) groups is 1. The quantitative estimate of drug-likeness (QED) is 0.409. The Morgan fingerprint density at radius 3 is 2.26 bits per heavy atom. The molecule has 0 saturated carbocycles. The molecule has 1 aromatic rings. The molecule has 0 heterocycles. The van der Waals surface area contributed by atoms with Crippen molar-refractivity contribution in [2.75, 3.05) is 32.7 Å². The van der Waals surface area contributed by atoms with E-state index >= 15 is 0 Å². The lowest BCUT2D eigenvalue weighted by atomic mass is 10.1. The van der Waals surface area contributed by atoms with Gasteiger partial charge in [0.15, 0.2) is 5.96 Å². The van der Waals surface area contributed by atoms with Gasteiger partial charge in [-0.25, -0.2) is 4.99 Å². The zero-order valence-corrected chi connectivity index (χ0v) is 17.6. The number of amides is 1. The largest absolute Gasteiger partial charge is 0.357 e. The fourth-order valence-electron chi connectivity index (χ4n) is 2.96. The third-order valence-corrected chi connectivity index (χ3v) is 4.29. The number of nitrogens with one attached hydrogen (secondary N) is 3. The Morgan fingerprint density at radius 2 is 1.67 bits per heavy atom. The highest BCUT2D eigenvalue weighted by Gasteiger charge is 2.12. The molecule has 3 N–H and O–H groups in total. The summed E-state index contributed by atoms with van der Waals surface area (Å²) in [6.07, 6.45) is 0.828. The van der Waals surface area contributed by atoms with Crippen LogP contribution in [0.4, 0.5) is 0 Å². The standard InChI is InChI=1S/C21H37N5O/c1-6-22-21(24-14-15-26(17(2)3)18(4)5)25-16-20(27)23-13-12-19-10-8-7-9-11-19/h7-11,17-18H,6,12-16H2,1-5H3,(H,23,27)(H2,22,24,25). The van der Waals surface area contributed by atoms with Crippen molar-refractivity contribution in [3.8, 4) is 0 Å². The van der Waals surface area contributed by atoms with Gasteiger partial charge in [-0.2, -0.15) is 0 Å². The molecule has 6 heteroatoms. The second-order valence-electron chi connectivity index (χ2n) is 7.13. The smallest absolute Gasteiger partial charge is 0.241 e. The minimum absolute atomic E-state index is 0.0610. The zero-order valence-electron chi connectivity index (χ0n) is 17.6. The molecule has 1 rings (SSSR count). The van der Waals surface area contributed by atoms with Gasteiger partial charge in [0.2, 0.25) is 5.91 Å². The molecule has 0 aliphatic rings. The van der Waals surface area contributed by atoms with E-state index in [2.05, 4.69) is 65.7 Å². The van der Waals surface area contributed by atoms with Gasteiger partial charge in [-0.05, 0) is 46.6 Å². The van der Waals surface area contributed by atoms with Gasteiger partial charge in [0.05, 0.1) is 0 Å². The van der Waals surface area contributed by atoms with Gasteiger partial charge in [0, 0.05) is 38.3 Å². The Hall–Kier alpha value is -2.08. The van der Waals surface area contributed by atoms with Crippen LogP contribution in [0.2, 0.25) is 0 Å². The van der Waals surface area contributed by atoms with E-state index in [4.69, 9.17) is 0 Å². The van der Waals surface area contributed by atoms with Crippen LogP contribution in [-0.4, -0.2) is 61.6 Å². The van der Waals surface area contributed by atoms with Crippen molar-refractivity contribution < 1.29 is 4.79 Å². The maximum absolute atomic E-state index is 12.0. The van der Waals surface area contributed by atoms with Gasteiger partial charge in [-0.3, -0.25) is 9.69 Å². The molecule has 0 radical (unpaired) electrons. The van der Waals surface area contributed by atoms with Crippen LogP contribution < -0.4 is 16.0 Å². The summed E-state index contributed by atoms with van der Waals surface area (Å²) in [6.45, 7) is 14.1. The highest BCUT2D eigenvalue weighted by atomic mass is 16.1. The maximum atomic E-state index is 12.0. The lowest BCUT2D eigenvalue weighted by molar-refractivity contribution is -0.119. The van der Waals surface area contributed by atoms with Gasteiger partial charge < -0.3 is 16.0 Å². The first-order valence-corrected chi connectivity index (χ1v) is 10.0. The van der Waals surface area contributed by atoms with Crippen molar-refractivity contribution in [3.05, 3.63) is 35.9 Å². The van der Waals surface area contributed by atoms with E-state index in [0.29, 0.717) is 24.6 Å². The summed E-state index contributed by atoms with van der Waals surface area (Å²) in [5.74, 6) is 0.622. The Morgan fingerprint density at radius 1 is 1.00 bits per heavy atom. The number of nitrogens with zero attached hydrogens (tertiary/aromatic N) is 2. The number of hydrogen-bond acceptors (Lipinski definition) is 3. The molecule has 152 valence electrons. The summed E-state index contributed by atoms with van der Waals surface area (Å²) in [7, 11) is 0. The Balaban J connectivity index is 2.37. The Kier molecular flexibility index (Phi) is 11.2. The monoisotopic (exact) mass is 375 g/mol. The SMILES string of the molecule is CCNC(=NCC(=O)NCCc1ccccc1)NCCN(C(C)C)C(C)C. The first kappa shape index (κ1) is 23.0. The molecule has 0 spiro atoms. The molecular weight excluding hydrogens is 338 g/mol. The molecule has 0 aliphatic carbocycles. The summed E-state index contributed by atoms with van der Waals surface area (Å²) >= 11 is 0. The normalized spacial score (nSPS) is 11.9. The van der Waals surface area contributed by atoms with Crippen LogP contribution in [0.3, 0.4) is 0 Å². The zero-order chi connectivity index (χ0) is 20.1. The van der Waals surface area contributed by atoms with Crippen molar-refractivity contribution in [1.82, 2.24) is 20.9 Å². The Bertz CT molecular complexity index is 549. The summed E-state index contributed by atoms with van der Waals surface area (Å²) in [5.41, 5.74) is 1.22. The van der Waals surface area contributed by atoms with E-state index < -0.39 is 0 Å². The van der Waals surface area contributed by atoms with Gasteiger partial charge in [0.25, 0.3) is 0 Å². The van der Waals surface area contributed by atoms with Crippen molar-refractivity contribution in [2.45, 2.75) is 53.1 Å². The highest BCUT2D eigenvalue weighted by molar-refractivity contribution is 5.84. The number of aliphatic imine (C=N–C) groups is 1. The number of carbonyl (C=O) groups excluding carboxylic acids is 1. The predicted octanol–water partition coefficient (Wildman–Crippen LogP) is 2.02. The van der Waals surface area contributed by atoms with E-state index in [-0.39, 0.29) is 12.5 Å². The summed E-state index contributed by atoms with van der Waals surface area (Å²) in [4.78, 5) is 18.8. The average molecular weight is 376 g/mol. The van der Waals surface area contributed by atoms with E-state index in [1.807, 2.05) is 25.1 Å². The second-order valence-corrected chi connectivity index (χ2v) is 7.13. The molecule has 6 nitrogen and oxygen atoms in total. The van der Waals surface area contributed by atoms with Gasteiger partial charge in [-0.15, -0.1) is 0 Å². The molecule has 1 amide bonds. The van der Waals surface area contributed by atoms with Gasteiger partial charge in [-0.1, -0.05) is 30.3 Å². The van der Waals surface area contributed by atoms with E-state index in [1.165, 1.54) is 5.56 Å². The molecule has 0 aliphatic heterocycles. The predicted molar refractivity (Wildman–Crippen MR) is 114 cm³/mol.